The zero-order valence-electron chi connectivity index (χ0n) is 14.3. The fourth-order valence-electron chi connectivity index (χ4n) is 2.98. The molecule has 2 heterocycles. The Hall–Kier alpha value is -2.95. The van der Waals surface area contributed by atoms with Crippen molar-refractivity contribution in [2.24, 2.45) is 0 Å². The molecule has 2 aromatic heterocycles. The van der Waals surface area contributed by atoms with Crippen molar-refractivity contribution in [1.82, 2.24) is 9.97 Å². The quantitative estimate of drug-likeness (QED) is 0.729. The molecule has 0 atom stereocenters. The lowest BCUT2D eigenvalue weighted by Crippen LogP contribution is -2.29. The van der Waals surface area contributed by atoms with Crippen molar-refractivity contribution < 1.29 is 9.53 Å². The summed E-state index contributed by atoms with van der Waals surface area (Å²) in [6.45, 7) is 0. The SMILES string of the molecule is COc1ccnc(N(C)C(=O)c2nc3ccccc3cc2C2CC2)c1. The summed E-state index contributed by atoms with van der Waals surface area (Å²) in [6, 6.07) is 13.5. The van der Waals surface area contributed by atoms with Gasteiger partial charge < -0.3 is 4.74 Å². The predicted octanol–water partition coefficient (Wildman–Crippen LogP) is 3.79. The summed E-state index contributed by atoms with van der Waals surface area (Å²) in [5.41, 5.74) is 2.40. The van der Waals surface area contributed by atoms with Gasteiger partial charge in [0.15, 0.2) is 0 Å². The first-order chi connectivity index (χ1) is 12.2. The molecule has 1 aromatic carbocycles. The van der Waals surface area contributed by atoms with E-state index in [0.29, 0.717) is 23.2 Å². The Morgan fingerprint density at radius 2 is 2.00 bits per heavy atom. The number of pyridine rings is 2. The maximum atomic E-state index is 13.1. The molecule has 25 heavy (non-hydrogen) atoms. The average molecular weight is 333 g/mol. The van der Waals surface area contributed by atoms with Gasteiger partial charge in [-0.3, -0.25) is 9.69 Å². The lowest BCUT2D eigenvalue weighted by Gasteiger charge is -2.18. The van der Waals surface area contributed by atoms with Crippen molar-refractivity contribution in [3.05, 3.63) is 59.9 Å². The van der Waals surface area contributed by atoms with Crippen molar-refractivity contribution in [2.45, 2.75) is 18.8 Å². The molecule has 1 fully saturated rings. The number of benzene rings is 1. The number of hydrogen-bond donors (Lipinski definition) is 0. The topological polar surface area (TPSA) is 55.3 Å². The summed E-state index contributed by atoms with van der Waals surface area (Å²) in [5, 5.41) is 1.07. The zero-order valence-corrected chi connectivity index (χ0v) is 14.3. The second-order valence-electron chi connectivity index (χ2n) is 6.31. The van der Waals surface area contributed by atoms with Gasteiger partial charge in [0, 0.05) is 24.7 Å². The minimum Gasteiger partial charge on any atom is -0.497 e. The number of ether oxygens (including phenoxy) is 1. The van der Waals surface area contributed by atoms with Gasteiger partial charge in [0.25, 0.3) is 5.91 Å². The van der Waals surface area contributed by atoms with Gasteiger partial charge in [-0.25, -0.2) is 9.97 Å². The first-order valence-corrected chi connectivity index (χ1v) is 8.35. The fraction of sp³-hybridized carbons (Fsp3) is 0.250. The van der Waals surface area contributed by atoms with Crippen LogP contribution in [0.25, 0.3) is 10.9 Å². The number of hydrogen-bond acceptors (Lipinski definition) is 4. The van der Waals surface area contributed by atoms with Crippen LogP contribution in [0.3, 0.4) is 0 Å². The Balaban J connectivity index is 1.77. The van der Waals surface area contributed by atoms with Crippen LogP contribution in [0.15, 0.2) is 48.7 Å². The monoisotopic (exact) mass is 333 g/mol. The normalized spacial score (nSPS) is 13.7. The second-order valence-corrected chi connectivity index (χ2v) is 6.31. The van der Waals surface area contributed by atoms with E-state index >= 15 is 0 Å². The number of rotatable bonds is 4. The van der Waals surface area contributed by atoms with E-state index in [-0.39, 0.29) is 5.91 Å². The number of aromatic nitrogens is 2. The largest absolute Gasteiger partial charge is 0.497 e. The Bertz CT molecular complexity index is 951. The summed E-state index contributed by atoms with van der Waals surface area (Å²) in [7, 11) is 3.31. The van der Waals surface area contributed by atoms with Gasteiger partial charge in [-0.1, -0.05) is 18.2 Å². The summed E-state index contributed by atoms with van der Waals surface area (Å²) in [6.07, 6.45) is 3.86. The van der Waals surface area contributed by atoms with Gasteiger partial charge in [-0.05, 0) is 42.5 Å². The molecule has 126 valence electrons. The van der Waals surface area contributed by atoms with Crippen LogP contribution in [0.4, 0.5) is 5.82 Å². The van der Waals surface area contributed by atoms with Crippen LogP contribution in [0, 0.1) is 0 Å². The smallest absolute Gasteiger partial charge is 0.278 e. The van der Waals surface area contributed by atoms with Crippen molar-refractivity contribution in [3.63, 3.8) is 0 Å². The van der Waals surface area contributed by atoms with Gasteiger partial charge in [0.1, 0.15) is 17.3 Å². The molecule has 0 N–H and O–H groups in total. The molecule has 1 amide bonds. The van der Waals surface area contributed by atoms with E-state index in [1.54, 1.807) is 32.5 Å². The number of anilines is 1. The van der Waals surface area contributed by atoms with E-state index in [1.807, 2.05) is 24.3 Å². The lowest BCUT2D eigenvalue weighted by atomic mass is 10.0. The molecule has 1 aliphatic rings. The molecule has 0 bridgehead atoms. The van der Waals surface area contributed by atoms with Crippen LogP contribution in [-0.2, 0) is 0 Å². The lowest BCUT2D eigenvalue weighted by molar-refractivity contribution is 0.0987. The van der Waals surface area contributed by atoms with Crippen molar-refractivity contribution >= 4 is 22.6 Å². The number of fused-ring (bicyclic) bond motifs is 1. The maximum Gasteiger partial charge on any atom is 0.278 e. The minimum absolute atomic E-state index is 0.145. The van der Waals surface area contributed by atoms with Gasteiger partial charge in [-0.15, -0.1) is 0 Å². The van der Waals surface area contributed by atoms with Crippen LogP contribution >= 0.6 is 0 Å². The molecule has 1 saturated carbocycles. The third-order valence-electron chi connectivity index (χ3n) is 4.57. The molecule has 0 spiro atoms. The van der Waals surface area contributed by atoms with Crippen molar-refractivity contribution in [3.8, 4) is 5.75 Å². The fourth-order valence-corrected chi connectivity index (χ4v) is 2.98. The summed E-state index contributed by atoms with van der Waals surface area (Å²) < 4.78 is 5.23. The molecular formula is C20H19N3O2. The van der Waals surface area contributed by atoms with E-state index in [2.05, 4.69) is 16.0 Å². The zero-order chi connectivity index (χ0) is 17.4. The van der Waals surface area contributed by atoms with Gasteiger partial charge >= 0.3 is 0 Å². The third kappa shape index (κ3) is 2.93. The van der Waals surface area contributed by atoms with Crippen LogP contribution in [0.1, 0.15) is 34.8 Å². The Morgan fingerprint density at radius 1 is 1.20 bits per heavy atom. The summed E-state index contributed by atoms with van der Waals surface area (Å²) in [4.78, 5) is 23.6. The molecule has 0 aliphatic heterocycles. The molecule has 1 aliphatic carbocycles. The standard InChI is InChI=1S/C20H19N3O2/c1-23(18-12-15(25-2)9-10-21-18)20(24)19-16(13-7-8-13)11-14-5-3-4-6-17(14)22-19/h3-6,9-13H,7-8H2,1-2H3. The van der Waals surface area contributed by atoms with E-state index in [4.69, 9.17) is 4.74 Å². The first-order valence-electron chi connectivity index (χ1n) is 8.35. The van der Waals surface area contributed by atoms with Gasteiger partial charge in [0.2, 0.25) is 0 Å². The Labute approximate surface area is 146 Å². The number of amides is 1. The van der Waals surface area contributed by atoms with Crippen LogP contribution in [0.5, 0.6) is 5.75 Å². The number of para-hydroxylation sites is 1. The molecule has 4 rings (SSSR count). The highest BCUT2D eigenvalue weighted by molar-refractivity contribution is 6.06. The second kappa shape index (κ2) is 6.16. The first kappa shape index (κ1) is 15.6. The van der Waals surface area contributed by atoms with E-state index < -0.39 is 0 Å². The molecule has 3 aromatic rings. The Morgan fingerprint density at radius 3 is 2.76 bits per heavy atom. The van der Waals surface area contributed by atoms with Crippen molar-refractivity contribution in [2.75, 3.05) is 19.1 Å². The summed E-state index contributed by atoms with van der Waals surface area (Å²) in [5.74, 6) is 1.50. The third-order valence-corrected chi connectivity index (χ3v) is 4.57. The van der Waals surface area contributed by atoms with Crippen molar-refractivity contribution in [1.29, 1.82) is 0 Å². The number of methoxy groups -OCH3 is 1. The summed E-state index contributed by atoms with van der Waals surface area (Å²) >= 11 is 0. The molecule has 0 saturated heterocycles. The van der Waals surface area contributed by atoms with Crippen LogP contribution < -0.4 is 9.64 Å². The number of carbonyl (C=O) groups is 1. The number of nitrogens with zero attached hydrogens (tertiary/aromatic N) is 3. The van der Waals surface area contributed by atoms with Crippen LogP contribution in [0.2, 0.25) is 0 Å². The van der Waals surface area contributed by atoms with Crippen LogP contribution in [-0.4, -0.2) is 30.0 Å². The molecule has 0 unspecified atom stereocenters. The van der Waals surface area contributed by atoms with E-state index in [9.17, 15) is 4.79 Å². The molecule has 0 radical (unpaired) electrons. The highest BCUT2D eigenvalue weighted by atomic mass is 16.5. The van der Waals surface area contributed by atoms with Gasteiger partial charge in [0.05, 0.1) is 12.6 Å². The maximum absolute atomic E-state index is 13.1. The molecular weight excluding hydrogens is 314 g/mol. The molecule has 5 heteroatoms. The Kier molecular flexibility index (Phi) is 3.84. The molecule has 5 nitrogen and oxygen atoms in total. The minimum atomic E-state index is -0.145. The van der Waals surface area contributed by atoms with Gasteiger partial charge in [-0.2, -0.15) is 0 Å². The number of carbonyl (C=O) groups excluding carboxylic acids is 1. The average Bonchev–Trinajstić information content (AvgIpc) is 3.51. The highest BCUT2D eigenvalue weighted by Crippen LogP contribution is 2.42. The highest BCUT2D eigenvalue weighted by Gasteiger charge is 2.31. The van der Waals surface area contributed by atoms with E-state index in [1.165, 1.54) is 4.90 Å². The predicted molar refractivity (Wildman–Crippen MR) is 97.2 cm³/mol. The van der Waals surface area contributed by atoms with E-state index in [0.717, 1.165) is 29.3 Å².